The highest BCUT2D eigenvalue weighted by Gasteiger charge is 2.64. The monoisotopic (exact) mass is 904 g/mol. The van der Waals surface area contributed by atoms with Crippen LogP contribution in [-0.4, -0.2) is 87.3 Å². The molecule has 0 aromatic heterocycles. The van der Waals surface area contributed by atoms with E-state index in [0.29, 0.717) is 19.8 Å². The zero-order valence-electron chi connectivity index (χ0n) is 37.2. The van der Waals surface area contributed by atoms with E-state index in [2.05, 4.69) is 70.3 Å². The van der Waals surface area contributed by atoms with Crippen LogP contribution in [0.4, 0.5) is 0 Å². The molecule has 64 heavy (non-hydrogen) atoms. The fourth-order valence-electron chi connectivity index (χ4n) is 8.95. The molecular weight excluding hydrogens is 845 g/mol. The SMILES string of the molecule is C[SiH](C)[C@]1(O[C@H]2[C@@H](OCc3ccccc3)[C@@H]3OC(c4ccccc4)OC[C@H]3O[C@@H]2Sc2ccccc2)O[C@@H]2COC(c3ccccc3)O[C@H]2[C@H](OCc2ccccc2)[C@@H]1OC(C)(C)C. The van der Waals surface area contributed by atoms with Crippen LogP contribution in [0, 0.1) is 0 Å². The topological polar surface area (TPSA) is 92.3 Å². The van der Waals surface area contributed by atoms with Crippen molar-refractivity contribution in [2.45, 2.75) is 130 Å². The number of ether oxygens (including phenoxy) is 10. The predicted molar refractivity (Wildman–Crippen MR) is 247 cm³/mol. The molecule has 12 atom stereocenters. The van der Waals surface area contributed by atoms with Crippen molar-refractivity contribution in [1.82, 2.24) is 0 Å². The first-order valence-electron chi connectivity index (χ1n) is 22.5. The molecule has 4 aliphatic heterocycles. The molecule has 4 fully saturated rings. The van der Waals surface area contributed by atoms with E-state index in [1.54, 1.807) is 11.8 Å². The van der Waals surface area contributed by atoms with Gasteiger partial charge in [0, 0.05) is 16.0 Å². The Labute approximate surface area is 383 Å². The van der Waals surface area contributed by atoms with Crippen LogP contribution in [-0.2, 0) is 60.6 Å². The molecule has 0 N–H and O–H groups in total. The minimum Gasteiger partial charge on any atom is -0.368 e. The predicted octanol–water partition coefficient (Wildman–Crippen LogP) is 9.59. The Hall–Kier alpha value is -3.73. The highest BCUT2D eigenvalue weighted by molar-refractivity contribution is 7.99. The normalized spacial score (nSPS) is 31.8. The Kier molecular flexibility index (Phi) is 14.5. The van der Waals surface area contributed by atoms with E-state index in [1.807, 2.05) is 115 Å². The molecule has 338 valence electrons. The molecule has 9 rings (SSSR count). The van der Waals surface area contributed by atoms with Crippen molar-refractivity contribution in [1.29, 1.82) is 0 Å². The average Bonchev–Trinajstić information content (AvgIpc) is 3.32. The van der Waals surface area contributed by atoms with E-state index < -0.39 is 86.7 Å². The van der Waals surface area contributed by atoms with E-state index in [9.17, 15) is 0 Å². The van der Waals surface area contributed by atoms with E-state index in [-0.39, 0.29) is 6.61 Å². The summed E-state index contributed by atoms with van der Waals surface area (Å²) in [6.45, 7) is 11.9. The summed E-state index contributed by atoms with van der Waals surface area (Å²) in [5, 5.41) is 0. The van der Waals surface area contributed by atoms with E-state index in [0.717, 1.165) is 27.1 Å². The summed E-state index contributed by atoms with van der Waals surface area (Å²) in [7, 11) is -2.15. The molecule has 5 aromatic carbocycles. The molecule has 2 unspecified atom stereocenters. The second-order valence-electron chi connectivity index (χ2n) is 18.1. The number of benzene rings is 5. The minimum atomic E-state index is -2.15. The van der Waals surface area contributed by atoms with Crippen molar-refractivity contribution in [3.63, 3.8) is 0 Å². The van der Waals surface area contributed by atoms with Gasteiger partial charge in [0.1, 0.15) is 63.1 Å². The van der Waals surface area contributed by atoms with Gasteiger partial charge in [-0.05, 0) is 44.0 Å². The van der Waals surface area contributed by atoms with Crippen molar-refractivity contribution in [2.24, 2.45) is 0 Å². The highest BCUT2D eigenvalue weighted by atomic mass is 32.2. The summed E-state index contributed by atoms with van der Waals surface area (Å²) in [5.74, 6) is 0. The quantitative estimate of drug-likeness (QED) is 0.0999. The Balaban J connectivity index is 1.14. The van der Waals surface area contributed by atoms with Crippen LogP contribution < -0.4 is 0 Å². The van der Waals surface area contributed by atoms with Gasteiger partial charge in [0.25, 0.3) is 0 Å². The van der Waals surface area contributed by atoms with Gasteiger partial charge in [0.2, 0.25) is 0 Å². The molecule has 0 aliphatic carbocycles. The van der Waals surface area contributed by atoms with Gasteiger partial charge in [-0.15, -0.1) is 0 Å². The van der Waals surface area contributed by atoms with Gasteiger partial charge in [-0.2, -0.15) is 0 Å². The lowest BCUT2D eigenvalue weighted by atomic mass is 9.94. The smallest absolute Gasteiger partial charge is 0.184 e. The van der Waals surface area contributed by atoms with Crippen LogP contribution in [0.15, 0.2) is 157 Å². The van der Waals surface area contributed by atoms with Gasteiger partial charge in [0.15, 0.2) is 18.0 Å². The summed E-state index contributed by atoms with van der Waals surface area (Å²) < 4.78 is 70.9. The third-order valence-corrected chi connectivity index (χ3v) is 15.4. The third kappa shape index (κ3) is 10.4. The van der Waals surface area contributed by atoms with Gasteiger partial charge in [-0.3, -0.25) is 0 Å². The molecule has 0 amide bonds. The first-order chi connectivity index (χ1) is 31.1. The Morgan fingerprint density at radius 3 is 1.56 bits per heavy atom. The van der Waals surface area contributed by atoms with Gasteiger partial charge < -0.3 is 47.4 Å². The fraction of sp³-hybridized carbons (Fsp3) is 0.423. The summed E-state index contributed by atoms with van der Waals surface area (Å²) in [4.78, 5) is 1.02. The lowest BCUT2D eigenvalue weighted by molar-refractivity contribution is -0.414. The number of thioether (sulfide) groups is 1. The Morgan fingerprint density at radius 1 is 0.578 bits per heavy atom. The van der Waals surface area contributed by atoms with Gasteiger partial charge in [-0.1, -0.05) is 164 Å². The zero-order valence-corrected chi connectivity index (χ0v) is 39.2. The van der Waals surface area contributed by atoms with Crippen molar-refractivity contribution in [2.75, 3.05) is 13.2 Å². The largest absolute Gasteiger partial charge is 0.368 e. The maximum Gasteiger partial charge on any atom is 0.184 e. The standard InChI is InChI=1S/C52H60O10SSi/c1-51(2,3)62-47-45(54-32-36-23-13-7-14-24-36)43-41(34-56-49(59-43)38-27-17-9-18-28-38)60-52(47,64(4)5)61-46-44(53-31-35-21-11-6-12-22-35)42-40(57-50(46)63-39-29-19-10-20-30-39)33-55-48(58-42)37-25-15-8-16-26-37/h6-30,40-50,64H,31-34H2,1-5H3/t40-,41-,42-,43-,44+,45+,46+,47+,48?,49?,50-,52+/m1/s1. The van der Waals surface area contributed by atoms with Crippen molar-refractivity contribution >= 4 is 20.6 Å². The average molecular weight is 905 g/mol. The number of hydrogen-bond acceptors (Lipinski definition) is 11. The van der Waals surface area contributed by atoms with Crippen LogP contribution >= 0.6 is 11.8 Å². The number of hydrogen-bond donors (Lipinski definition) is 0. The van der Waals surface area contributed by atoms with Crippen molar-refractivity contribution < 1.29 is 47.4 Å². The summed E-state index contributed by atoms with van der Waals surface area (Å²) >= 11 is 1.59. The van der Waals surface area contributed by atoms with Crippen molar-refractivity contribution in [3.05, 3.63) is 174 Å². The summed E-state index contributed by atoms with van der Waals surface area (Å²) in [6, 6.07) is 50.7. The molecule has 0 radical (unpaired) electrons. The van der Waals surface area contributed by atoms with Gasteiger partial charge >= 0.3 is 0 Å². The second kappa shape index (κ2) is 20.4. The molecule has 5 aromatic rings. The van der Waals surface area contributed by atoms with Crippen LogP contribution in [0.1, 0.15) is 55.6 Å². The van der Waals surface area contributed by atoms with E-state index in [4.69, 9.17) is 47.4 Å². The lowest BCUT2D eigenvalue weighted by Crippen LogP contribution is -2.76. The molecule has 4 heterocycles. The molecule has 10 nitrogen and oxygen atoms in total. The Bertz CT molecular complexity index is 2190. The Morgan fingerprint density at radius 2 is 1.05 bits per heavy atom. The number of rotatable bonds is 14. The van der Waals surface area contributed by atoms with Crippen LogP contribution in [0.25, 0.3) is 0 Å². The highest BCUT2D eigenvalue weighted by Crippen LogP contribution is 2.48. The molecule has 4 aliphatic rings. The zero-order chi connectivity index (χ0) is 44.1. The maximum absolute atomic E-state index is 7.89. The molecule has 12 heteroatoms. The number of fused-ring (bicyclic) bond motifs is 2. The van der Waals surface area contributed by atoms with Crippen molar-refractivity contribution in [3.8, 4) is 0 Å². The van der Waals surface area contributed by atoms with Gasteiger partial charge in [-0.25, -0.2) is 0 Å². The second-order valence-corrected chi connectivity index (χ2v) is 22.4. The third-order valence-electron chi connectivity index (χ3n) is 12.0. The summed E-state index contributed by atoms with van der Waals surface area (Å²) in [5.41, 5.74) is 1.37. The molecule has 4 saturated heterocycles. The molecule has 0 saturated carbocycles. The first kappa shape index (κ1) is 45.4. The minimum absolute atomic E-state index is 0.255. The van der Waals surface area contributed by atoms with Crippen LogP contribution in [0.5, 0.6) is 0 Å². The molecule has 0 bridgehead atoms. The molecule has 0 spiro atoms. The lowest BCUT2D eigenvalue weighted by Gasteiger charge is -2.59. The maximum atomic E-state index is 7.89. The summed E-state index contributed by atoms with van der Waals surface area (Å²) in [6.07, 6.45) is -6.15. The van der Waals surface area contributed by atoms with Crippen LogP contribution in [0.3, 0.4) is 0 Å². The van der Waals surface area contributed by atoms with Gasteiger partial charge in [0.05, 0.1) is 32.0 Å². The fourth-order valence-corrected chi connectivity index (χ4v) is 11.9. The van der Waals surface area contributed by atoms with E-state index >= 15 is 0 Å². The van der Waals surface area contributed by atoms with Crippen LogP contribution in [0.2, 0.25) is 13.1 Å². The first-order valence-corrected chi connectivity index (χ1v) is 26.3. The molecular formula is C52H60O10SSi. The van der Waals surface area contributed by atoms with E-state index in [1.165, 1.54) is 0 Å².